The molecule has 0 unspecified atom stereocenters. The fourth-order valence-electron chi connectivity index (χ4n) is 3.07. The summed E-state index contributed by atoms with van der Waals surface area (Å²) < 4.78 is 1.77. The summed E-state index contributed by atoms with van der Waals surface area (Å²) in [6.45, 7) is 15.6. The molecule has 0 bridgehead atoms. The van der Waals surface area contributed by atoms with Crippen molar-refractivity contribution in [2.75, 3.05) is 11.9 Å². The Kier molecular flexibility index (Phi) is 7.35. The number of anilines is 1. The van der Waals surface area contributed by atoms with E-state index < -0.39 is 5.38 Å². The number of amides is 2. The van der Waals surface area contributed by atoms with Crippen molar-refractivity contribution in [3.63, 3.8) is 0 Å². The standard InChI is InChI=1S/C23H33ClN4O2/c1-14(2)27(22(30)17(5)24)13-21(29)25-20-12-19(23(6,7)8)26-28(20)18-11-9-10-15(3)16(18)4/h9-12,14,17H,13H2,1-8H3,(H,25,29)/t17-/m1/s1. The number of carbonyl (C=O) groups is 2. The molecule has 0 radical (unpaired) electrons. The molecule has 0 saturated heterocycles. The Labute approximate surface area is 184 Å². The Hall–Kier alpha value is -2.34. The summed E-state index contributed by atoms with van der Waals surface area (Å²) in [4.78, 5) is 26.7. The van der Waals surface area contributed by atoms with Gasteiger partial charge < -0.3 is 10.2 Å². The third kappa shape index (κ3) is 5.42. The topological polar surface area (TPSA) is 67.2 Å². The summed E-state index contributed by atoms with van der Waals surface area (Å²) >= 11 is 5.96. The molecule has 0 aliphatic rings. The van der Waals surface area contributed by atoms with Crippen molar-refractivity contribution in [3.05, 3.63) is 41.1 Å². The second-order valence-corrected chi connectivity index (χ2v) is 9.67. The van der Waals surface area contributed by atoms with E-state index in [9.17, 15) is 9.59 Å². The molecule has 30 heavy (non-hydrogen) atoms. The molecule has 0 aliphatic heterocycles. The van der Waals surface area contributed by atoms with Crippen LogP contribution >= 0.6 is 11.6 Å². The average Bonchev–Trinajstić information content (AvgIpc) is 3.05. The van der Waals surface area contributed by atoms with Crippen LogP contribution in [0.4, 0.5) is 5.82 Å². The molecule has 164 valence electrons. The van der Waals surface area contributed by atoms with E-state index in [1.54, 1.807) is 11.6 Å². The van der Waals surface area contributed by atoms with Crippen LogP contribution in [0.1, 0.15) is 58.4 Å². The molecule has 6 nitrogen and oxygen atoms in total. The van der Waals surface area contributed by atoms with Crippen LogP contribution in [0.15, 0.2) is 24.3 Å². The van der Waals surface area contributed by atoms with Gasteiger partial charge in [0.15, 0.2) is 0 Å². The molecule has 1 aromatic carbocycles. The number of aryl methyl sites for hydroxylation is 1. The van der Waals surface area contributed by atoms with E-state index in [-0.39, 0.29) is 29.8 Å². The van der Waals surface area contributed by atoms with Crippen molar-refractivity contribution in [2.24, 2.45) is 0 Å². The fraction of sp³-hybridized carbons (Fsp3) is 0.522. The molecule has 2 amide bonds. The van der Waals surface area contributed by atoms with E-state index >= 15 is 0 Å². The maximum atomic E-state index is 12.9. The van der Waals surface area contributed by atoms with Gasteiger partial charge in [0.2, 0.25) is 11.8 Å². The Morgan fingerprint density at radius 1 is 1.20 bits per heavy atom. The molecular formula is C23H33ClN4O2. The molecule has 2 rings (SSSR count). The van der Waals surface area contributed by atoms with E-state index in [1.807, 2.05) is 52.0 Å². The van der Waals surface area contributed by atoms with Gasteiger partial charge in [0.1, 0.15) is 17.7 Å². The summed E-state index contributed by atoms with van der Waals surface area (Å²) in [7, 11) is 0. The van der Waals surface area contributed by atoms with Crippen LogP contribution in [0.2, 0.25) is 0 Å². The van der Waals surface area contributed by atoms with Gasteiger partial charge in [0.25, 0.3) is 0 Å². The lowest BCUT2D eigenvalue weighted by atomic mass is 9.92. The van der Waals surface area contributed by atoms with E-state index in [4.69, 9.17) is 16.7 Å². The van der Waals surface area contributed by atoms with Crippen molar-refractivity contribution in [2.45, 2.75) is 72.2 Å². The molecule has 1 aromatic heterocycles. The van der Waals surface area contributed by atoms with Crippen LogP contribution in [0.3, 0.4) is 0 Å². The zero-order chi connectivity index (χ0) is 22.8. The van der Waals surface area contributed by atoms with Gasteiger partial charge in [0, 0.05) is 17.5 Å². The monoisotopic (exact) mass is 432 g/mol. The lowest BCUT2D eigenvalue weighted by Crippen LogP contribution is -2.45. The Morgan fingerprint density at radius 3 is 2.37 bits per heavy atom. The van der Waals surface area contributed by atoms with Crippen molar-refractivity contribution in [3.8, 4) is 5.69 Å². The van der Waals surface area contributed by atoms with Crippen molar-refractivity contribution in [1.29, 1.82) is 0 Å². The number of hydrogen-bond acceptors (Lipinski definition) is 3. The third-order valence-corrected chi connectivity index (χ3v) is 5.30. The quantitative estimate of drug-likeness (QED) is 0.679. The molecule has 1 heterocycles. The van der Waals surface area contributed by atoms with Crippen LogP contribution < -0.4 is 5.32 Å². The predicted octanol–water partition coefficient (Wildman–Crippen LogP) is 4.59. The molecule has 0 fully saturated rings. The summed E-state index contributed by atoms with van der Waals surface area (Å²) in [5.41, 5.74) is 3.82. The number of aromatic nitrogens is 2. The molecule has 2 aromatic rings. The first-order valence-corrected chi connectivity index (χ1v) is 10.7. The fourth-order valence-corrected chi connectivity index (χ4v) is 3.19. The first-order chi connectivity index (χ1) is 13.8. The number of nitrogens with zero attached hydrogens (tertiary/aromatic N) is 3. The van der Waals surface area contributed by atoms with Gasteiger partial charge in [0.05, 0.1) is 11.4 Å². The Balaban J connectivity index is 2.41. The van der Waals surface area contributed by atoms with Gasteiger partial charge in [-0.05, 0) is 51.8 Å². The smallest absolute Gasteiger partial charge is 0.245 e. The summed E-state index contributed by atoms with van der Waals surface area (Å²) in [6, 6.07) is 7.76. The number of carbonyl (C=O) groups excluding carboxylic acids is 2. The first-order valence-electron chi connectivity index (χ1n) is 10.2. The summed E-state index contributed by atoms with van der Waals surface area (Å²) in [6.07, 6.45) is 0. The number of benzene rings is 1. The number of alkyl halides is 1. The van der Waals surface area contributed by atoms with E-state index in [2.05, 4.69) is 26.1 Å². The van der Waals surface area contributed by atoms with Crippen LogP contribution in [-0.4, -0.2) is 44.5 Å². The number of nitrogens with one attached hydrogen (secondary N) is 1. The normalized spacial score (nSPS) is 12.7. The number of halogens is 1. The Morgan fingerprint density at radius 2 is 1.83 bits per heavy atom. The van der Waals surface area contributed by atoms with E-state index in [0.29, 0.717) is 5.82 Å². The van der Waals surface area contributed by atoms with Crippen LogP contribution in [-0.2, 0) is 15.0 Å². The van der Waals surface area contributed by atoms with Crippen LogP contribution in [0.5, 0.6) is 0 Å². The highest BCUT2D eigenvalue weighted by Gasteiger charge is 2.26. The minimum Gasteiger partial charge on any atom is -0.330 e. The second kappa shape index (κ2) is 9.21. The Bertz CT molecular complexity index is 926. The molecular weight excluding hydrogens is 400 g/mol. The maximum Gasteiger partial charge on any atom is 0.245 e. The van der Waals surface area contributed by atoms with Crippen LogP contribution in [0, 0.1) is 13.8 Å². The molecule has 0 spiro atoms. The SMILES string of the molecule is Cc1cccc(-n2nc(C(C)(C)C)cc2NC(=O)CN(C(=O)[C@@H](C)Cl)C(C)C)c1C. The maximum absolute atomic E-state index is 12.9. The lowest BCUT2D eigenvalue weighted by Gasteiger charge is -2.27. The zero-order valence-electron chi connectivity index (χ0n) is 19.2. The van der Waals surface area contributed by atoms with E-state index in [1.165, 1.54) is 4.90 Å². The number of rotatable bonds is 6. The van der Waals surface area contributed by atoms with Gasteiger partial charge in [-0.15, -0.1) is 11.6 Å². The van der Waals surface area contributed by atoms with Gasteiger partial charge in [-0.25, -0.2) is 4.68 Å². The molecule has 0 saturated carbocycles. The van der Waals surface area contributed by atoms with E-state index in [0.717, 1.165) is 22.5 Å². The highest BCUT2D eigenvalue weighted by molar-refractivity contribution is 6.30. The predicted molar refractivity (Wildman–Crippen MR) is 123 cm³/mol. The van der Waals surface area contributed by atoms with Crippen molar-refractivity contribution < 1.29 is 9.59 Å². The molecule has 1 N–H and O–H groups in total. The lowest BCUT2D eigenvalue weighted by molar-refractivity contribution is -0.135. The second-order valence-electron chi connectivity index (χ2n) is 9.02. The highest BCUT2D eigenvalue weighted by Crippen LogP contribution is 2.28. The number of hydrogen-bond donors (Lipinski definition) is 1. The first kappa shape index (κ1) is 23.9. The largest absolute Gasteiger partial charge is 0.330 e. The minimum absolute atomic E-state index is 0.0730. The van der Waals surface area contributed by atoms with Crippen LogP contribution in [0.25, 0.3) is 5.69 Å². The molecule has 0 aliphatic carbocycles. The zero-order valence-corrected chi connectivity index (χ0v) is 20.0. The third-order valence-electron chi connectivity index (χ3n) is 5.11. The highest BCUT2D eigenvalue weighted by atomic mass is 35.5. The average molecular weight is 433 g/mol. The minimum atomic E-state index is -0.687. The summed E-state index contributed by atoms with van der Waals surface area (Å²) in [5.74, 6) is 0.0233. The van der Waals surface area contributed by atoms with Gasteiger partial charge in [-0.3, -0.25) is 9.59 Å². The molecule has 7 heteroatoms. The van der Waals surface area contributed by atoms with Crippen molar-refractivity contribution in [1.82, 2.24) is 14.7 Å². The molecule has 1 atom stereocenters. The van der Waals surface area contributed by atoms with Gasteiger partial charge in [-0.2, -0.15) is 5.10 Å². The van der Waals surface area contributed by atoms with Crippen molar-refractivity contribution >= 4 is 29.2 Å². The van der Waals surface area contributed by atoms with Gasteiger partial charge in [-0.1, -0.05) is 32.9 Å². The summed E-state index contributed by atoms with van der Waals surface area (Å²) in [5, 5.41) is 7.05. The van der Waals surface area contributed by atoms with Gasteiger partial charge >= 0.3 is 0 Å².